The molecule has 0 amide bonds. The van der Waals surface area contributed by atoms with E-state index in [1.807, 2.05) is 6.20 Å². The number of ketones is 2. The largest absolute Gasteiger partial charge is 0.571 e. The number of pyridine rings is 1. The summed E-state index contributed by atoms with van der Waals surface area (Å²) < 4.78 is 1.24. The van der Waals surface area contributed by atoms with Gasteiger partial charge in [-0.05, 0) is 24.5 Å². The quantitative estimate of drug-likeness (QED) is 0.306. The fourth-order valence-electron chi connectivity index (χ4n) is 4.93. The van der Waals surface area contributed by atoms with Crippen LogP contribution >= 0.6 is 0 Å². The van der Waals surface area contributed by atoms with Gasteiger partial charge in [0.15, 0.2) is 5.69 Å². The van der Waals surface area contributed by atoms with Gasteiger partial charge in [0.1, 0.15) is 17.8 Å². The molecule has 172 valence electrons. The molecule has 0 aromatic carbocycles. The predicted octanol–water partition coefficient (Wildman–Crippen LogP) is 0.258. The molecule has 0 saturated carbocycles. The van der Waals surface area contributed by atoms with Crippen LogP contribution in [0.15, 0.2) is 30.9 Å². The first-order chi connectivity index (χ1) is 16.6. The molecular formula is C23H22N8O3. The van der Waals surface area contributed by atoms with Gasteiger partial charge in [0, 0.05) is 60.7 Å². The zero-order chi connectivity index (χ0) is 23.2. The summed E-state index contributed by atoms with van der Waals surface area (Å²) in [5, 5.41) is 16.2. The van der Waals surface area contributed by atoms with Crippen molar-refractivity contribution in [1.29, 1.82) is 0 Å². The molecule has 4 heterocycles. The lowest BCUT2D eigenvalue weighted by molar-refractivity contribution is -0.749. The van der Waals surface area contributed by atoms with Crippen LogP contribution in [0.2, 0.25) is 0 Å². The summed E-state index contributed by atoms with van der Waals surface area (Å²) in [5.41, 5.74) is 2.52. The second-order valence-electron chi connectivity index (χ2n) is 8.61. The number of hydrogen-bond donors (Lipinski definition) is 0. The summed E-state index contributed by atoms with van der Waals surface area (Å²) in [5.74, 6) is 0.0794. The highest BCUT2D eigenvalue weighted by atomic mass is 16.5. The topological polar surface area (TPSA) is 124 Å². The van der Waals surface area contributed by atoms with Gasteiger partial charge < -0.3 is 10.1 Å². The number of fused-ring (bicyclic) bond motifs is 3. The minimum absolute atomic E-state index is 0.00748. The van der Waals surface area contributed by atoms with Crippen LogP contribution in [0.3, 0.4) is 0 Å². The van der Waals surface area contributed by atoms with Gasteiger partial charge in [-0.15, -0.1) is 4.68 Å². The molecule has 3 aliphatic rings. The Kier molecular flexibility index (Phi) is 4.91. The number of anilines is 1. The lowest BCUT2D eigenvalue weighted by Gasteiger charge is -2.36. The Labute approximate surface area is 194 Å². The zero-order valence-corrected chi connectivity index (χ0v) is 18.4. The Hall–Kier alpha value is -3.99. The SMILES string of the molecule is O=C1c2cncnc2C(=O)c2c1n[n+]([O-])n2CCCN1CCN(c2nccc3c2C=CC3)CC1. The van der Waals surface area contributed by atoms with Gasteiger partial charge in [0.2, 0.25) is 17.3 Å². The molecule has 11 heteroatoms. The average molecular weight is 458 g/mol. The Morgan fingerprint density at radius 2 is 1.88 bits per heavy atom. The molecule has 1 saturated heterocycles. The van der Waals surface area contributed by atoms with Crippen LogP contribution in [0.25, 0.3) is 6.08 Å². The number of carbonyl (C=O) groups excluding carboxylic acids is 2. The molecule has 11 nitrogen and oxygen atoms in total. The van der Waals surface area contributed by atoms with Crippen molar-refractivity contribution >= 4 is 23.5 Å². The number of hydrogen-bond acceptors (Lipinski definition) is 9. The Bertz CT molecular complexity index is 1340. The smallest absolute Gasteiger partial charge is 0.236 e. The molecule has 0 bridgehead atoms. The zero-order valence-electron chi connectivity index (χ0n) is 18.4. The number of rotatable bonds is 5. The molecule has 0 unspecified atom stereocenters. The molecule has 3 aromatic heterocycles. The first-order valence-electron chi connectivity index (χ1n) is 11.3. The summed E-state index contributed by atoms with van der Waals surface area (Å²) in [7, 11) is 0. The van der Waals surface area contributed by atoms with E-state index >= 15 is 0 Å². The highest BCUT2D eigenvalue weighted by Crippen LogP contribution is 2.28. The van der Waals surface area contributed by atoms with E-state index in [0.29, 0.717) is 11.4 Å². The average Bonchev–Trinajstić information content (AvgIpc) is 3.48. The summed E-state index contributed by atoms with van der Waals surface area (Å²) >= 11 is 0. The Morgan fingerprint density at radius 1 is 1.03 bits per heavy atom. The van der Waals surface area contributed by atoms with Gasteiger partial charge in [0.05, 0.1) is 12.1 Å². The van der Waals surface area contributed by atoms with E-state index in [9.17, 15) is 14.8 Å². The third-order valence-electron chi connectivity index (χ3n) is 6.67. The third-order valence-corrected chi connectivity index (χ3v) is 6.67. The maximum absolute atomic E-state index is 12.9. The molecule has 0 spiro atoms. The fraction of sp³-hybridized carbons (Fsp3) is 0.348. The van der Waals surface area contributed by atoms with Gasteiger partial charge >= 0.3 is 0 Å². The van der Waals surface area contributed by atoms with E-state index < -0.39 is 11.6 Å². The molecule has 34 heavy (non-hydrogen) atoms. The lowest BCUT2D eigenvalue weighted by Crippen LogP contribution is -2.47. The van der Waals surface area contributed by atoms with Crippen LogP contribution in [-0.2, 0) is 13.0 Å². The Morgan fingerprint density at radius 3 is 2.74 bits per heavy atom. The van der Waals surface area contributed by atoms with E-state index in [0.717, 1.165) is 45.0 Å². The number of nitrogens with zero attached hydrogens (tertiary/aromatic N) is 8. The normalized spacial score (nSPS) is 17.1. The van der Waals surface area contributed by atoms with Crippen molar-refractivity contribution < 1.29 is 14.5 Å². The lowest BCUT2D eigenvalue weighted by atomic mass is 9.95. The number of carbonyl (C=O) groups is 2. The monoisotopic (exact) mass is 458 g/mol. The van der Waals surface area contributed by atoms with Crippen LogP contribution in [0.5, 0.6) is 0 Å². The first kappa shape index (κ1) is 20.6. The highest BCUT2D eigenvalue weighted by molar-refractivity contribution is 6.25. The van der Waals surface area contributed by atoms with Crippen molar-refractivity contribution in [2.75, 3.05) is 37.6 Å². The number of aromatic nitrogens is 6. The van der Waals surface area contributed by atoms with E-state index in [1.54, 1.807) is 0 Å². The van der Waals surface area contributed by atoms with E-state index in [1.165, 1.54) is 28.3 Å². The molecule has 2 aliphatic carbocycles. The van der Waals surface area contributed by atoms with Gasteiger partial charge in [-0.1, -0.05) is 12.2 Å². The Balaban J connectivity index is 1.10. The molecule has 6 rings (SSSR count). The highest BCUT2D eigenvalue weighted by Gasteiger charge is 2.40. The standard InChI is InChI=1S/C23H22N8O3/c32-21-17-13-24-14-26-18(17)22(33)20-19(21)27-31(34)30(20)8-2-7-28-9-11-29(12-10-28)23-16-4-1-3-15(16)5-6-25-23/h1,4-6,13-14H,2-3,7-12H2. The molecule has 0 atom stereocenters. The van der Waals surface area contributed by atoms with Crippen LogP contribution in [0, 0.1) is 5.21 Å². The maximum Gasteiger partial charge on any atom is 0.236 e. The van der Waals surface area contributed by atoms with Crippen LogP contribution in [0.4, 0.5) is 5.82 Å². The van der Waals surface area contributed by atoms with Crippen molar-refractivity contribution in [2.24, 2.45) is 0 Å². The molecule has 1 fully saturated rings. The maximum atomic E-state index is 12.9. The number of allylic oxidation sites excluding steroid dienone is 1. The molecular weight excluding hydrogens is 436 g/mol. The summed E-state index contributed by atoms with van der Waals surface area (Å²) in [6.07, 6.45) is 10.3. The minimum Gasteiger partial charge on any atom is -0.571 e. The number of piperazine rings is 1. The van der Waals surface area contributed by atoms with Crippen molar-refractivity contribution in [2.45, 2.75) is 19.4 Å². The van der Waals surface area contributed by atoms with Gasteiger partial charge in [0.25, 0.3) is 0 Å². The second-order valence-corrected chi connectivity index (χ2v) is 8.61. The second kappa shape index (κ2) is 8.10. The minimum atomic E-state index is -0.500. The van der Waals surface area contributed by atoms with Crippen molar-refractivity contribution in [3.63, 3.8) is 0 Å². The van der Waals surface area contributed by atoms with Gasteiger partial charge in [-0.3, -0.25) is 14.5 Å². The first-order valence-corrected chi connectivity index (χ1v) is 11.3. The molecule has 1 aliphatic heterocycles. The van der Waals surface area contributed by atoms with E-state index in [-0.39, 0.29) is 29.2 Å². The van der Waals surface area contributed by atoms with Gasteiger partial charge in [-0.2, -0.15) is 0 Å². The van der Waals surface area contributed by atoms with Crippen molar-refractivity contribution in [1.82, 2.24) is 29.6 Å². The van der Waals surface area contributed by atoms with E-state index in [2.05, 4.69) is 48.1 Å². The van der Waals surface area contributed by atoms with Crippen molar-refractivity contribution in [3.8, 4) is 0 Å². The predicted molar refractivity (Wildman–Crippen MR) is 120 cm³/mol. The molecule has 0 N–H and O–H groups in total. The van der Waals surface area contributed by atoms with Gasteiger partial charge in [-0.25, -0.2) is 15.0 Å². The third kappa shape index (κ3) is 3.27. The van der Waals surface area contributed by atoms with Crippen LogP contribution in [0.1, 0.15) is 49.8 Å². The summed E-state index contributed by atoms with van der Waals surface area (Å²) in [6, 6.07) is 2.08. The van der Waals surface area contributed by atoms with E-state index in [4.69, 9.17) is 0 Å². The van der Waals surface area contributed by atoms with Crippen LogP contribution < -0.4 is 9.86 Å². The summed E-state index contributed by atoms with van der Waals surface area (Å²) in [6.45, 7) is 4.57. The molecule has 0 radical (unpaired) electrons. The fourth-order valence-corrected chi connectivity index (χ4v) is 4.93. The molecule has 3 aromatic rings. The van der Waals surface area contributed by atoms with Crippen LogP contribution in [-0.4, -0.2) is 73.9 Å². The van der Waals surface area contributed by atoms with Crippen molar-refractivity contribution in [3.05, 3.63) is 69.8 Å². The summed E-state index contributed by atoms with van der Waals surface area (Å²) in [4.78, 5) is 43.0.